The number of aromatic nitrogens is 2. The molecule has 2 aliphatic rings. The van der Waals surface area contributed by atoms with Gasteiger partial charge in [0.25, 0.3) is 0 Å². The van der Waals surface area contributed by atoms with Crippen molar-refractivity contribution >= 4 is 22.7 Å². The molecule has 7 nitrogen and oxygen atoms in total. The van der Waals surface area contributed by atoms with Crippen molar-refractivity contribution < 1.29 is 9.47 Å². The molecule has 0 atom stereocenters. The number of nitrogens with one attached hydrogen (secondary N) is 2. The molecule has 2 aromatic carbocycles. The Hall–Kier alpha value is -3.06. The fourth-order valence-electron chi connectivity index (χ4n) is 5.29. The van der Waals surface area contributed by atoms with E-state index >= 15 is 0 Å². The number of hydrogen-bond acceptors (Lipinski definition) is 7. The number of nitrogens with zero attached hydrogens (tertiary/aromatic N) is 3. The van der Waals surface area contributed by atoms with Crippen LogP contribution >= 0.6 is 0 Å². The van der Waals surface area contributed by atoms with Gasteiger partial charge in [-0.05, 0) is 93.8 Å². The summed E-state index contributed by atoms with van der Waals surface area (Å²) in [4.78, 5) is 11.7. The standard InChI is InChI=1S/C29H39N5O2/c1-34(2)28-24-8-3-4-9-25(24)32-29(33-28)31-23-13-10-22(11-14-23)20-30-16-6-5-7-21-12-15-26-27(19-21)36-18-17-35-26/h3-4,8-9,12,15,19,22-23,30H,5-7,10-11,13-14,16-18,20H2,1-2H3,(H,31,32,33)/t22-,23+. The maximum Gasteiger partial charge on any atom is 0.225 e. The van der Waals surface area contributed by atoms with Crippen LogP contribution in [-0.2, 0) is 6.42 Å². The first-order valence-electron chi connectivity index (χ1n) is 13.5. The average molecular weight is 490 g/mol. The van der Waals surface area contributed by atoms with Gasteiger partial charge in [-0.2, -0.15) is 4.98 Å². The van der Waals surface area contributed by atoms with Crippen LogP contribution < -0.4 is 25.0 Å². The summed E-state index contributed by atoms with van der Waals surface area (Å²) < 4.78 is 11.3. The summed E-state index contributed by atoms with van der Waals surface area (Å²) in [6, 6.07) is 15.0. The Bertz CT molecular complexity index is 1140. The third-order valence-electron chi connectivity index (χ3n) is 7.30. The molecule has 0 unspecified atom stereocenters. The Balaban J connectivity index is 1.00. The maximum absolute atomic E-state index is 5.70. The zero-order valence-electron chi connectivity index (χ0n) is 21.6. The van der Waals surface area contributed by atoms with E-state index in [2.05, 4.69) is 39.8 Å². The van der Waals surface area contributed by atoms with Crippen LogP contribution in [0.25, 0.3) is 10.9 Å². The van der Waals surface area contributed by atoms with Gasteiger partial charge in [-0.3, -0.25) is 0 Å². The predicted molar refractivity (Wildman–Crippen MR) is 146 cm³/mol. The van der Waals surface area contributed by atoms with Crippen molar-refractivity contribution in [2.75, 3.05) is 50.6 Å². The SMILES string of the molecule is CN(C)c1nc(N[C@H]2CC[C@@H](CNCCCCc3ccc4c(c3)OCCO4)CC2)nc2ccccc12. The first kappa shape index (κ1) is 24.6. The second-order valence-corrected chi connectivity index (χ2v) is 10.3. The molecule has 36 heavy (non-hydrogen) atoms. The molecular weight excluding hydrogens is 450 g/mol. The molecule has 0 spiro atoms. The highest BCUT2D eigenvalue weighted by atomic mass is 16.6. The van der Waals surface area contributed by atoms with Crippen molar-refractivity contribution in [1.29, 1.82) is 0 Å². The van der Waals surface area contributed by atoms with Crippen LogP contribution in [0.1, 0.15) is 44.1 Å². The van der Waals surface area contributed by atoms with E-state index in [4.69, 9.17) is 19.4 Å². The molecule has 1 fully saturated rings. The van der Waals surface area contributed by atoms with Crippen LogP contribution in [0.4, 0.5) is 11.8 Å². The number of hydrogen-bond donors (Lipinski definition) is 2. The van der Waals surface area contributed by atoms with Gasteiger partial charge in [0.05, 0.1) is 5.52 Å². The van der Waals surface area contributed by atoms with Gasteiger partial charge in [-0.1, -0.05) is 18.2 Å². The molecule has 0 bridgehead atoms. The maximum atomic E-state index is 5.70. The number of ether oxygens (including phenoxy) is 2. The Morgan fingerprint density at radius 3 is 2.56 bits per heavy atom. The number of benzene rings is 2. The molecule has 5 rings (SSSR count). The molecule has 2 heterocycles. The second-order valence-electron chi connectivity index (χ2n) is 10.3. The van der Waals surface area contributed by atoms with Crippen molar-refractivity contribution in [2.24, 2.45) is 5.92 Å². The van der Waals surface area contributed by atoms with Gasteiger partial charge in [0.2, 0.25) is 5.95 Å². The zero-order chi connectivity index (χ0) is 24.7. The molecule has 0 saturated heterocycles. The summed E-state index contributed by atoms with van der Waals surface area (Å²) in [5, 5.41) is 8.41. The quantitative estimate of drug-likeness (QED) is 0.386. The Labute approximate surface area is 214 Å². The van der Waals surface area contributed by atoms with Crippen LogP contribution in [0.15, 0.2) is 42.5 Å². The Morgan fingerprint density at radius 1 is 0.917 bits per heavy atom. The van der Waals surface area contributed by atoms with Crippen molar-refractivity contribution in [2.45, 2.75) is 51.0 Å². The first-order valence-corrected chi connectivity index (χ1v) is 13.5. The highest BCUT2D eigenvalue weighted by molar-refractivity contribution is 5.90. The molecule has 3 aromatic rings. The highest BCUT2D eigenvalue weighted by Gasteiger charge is 2.22. The van der Waals surface area contributed by atoms with Gasteiger partial charge >= 0.3 is 0 Å². The lowest BCUT2D eigenvalue weighted by molar-refractivity contribution is 0.171. The number of unbranched alkanes of at least 4 members (excludes halogenated alkanes) is 1. The minimum atomic E-state index is 0.448. The fourth-order valence-corrected chi connectivity index (χ4v) is 5.29. The summed E-state index contributed by atoms with van der Waals surface area (Å²) in [7, 11) is 4.07. The van der Waals surface area contributed by atoms with E-state index in [1.165, 1.54) is 44.1 Å². The molecule has 0 radical (unpaired) electrons. The molecule has 1 aliphatic carbocycles. The summed E-state index contributed by atoms with van der Waals surface area (Å²) >= 11 is 0. The summed E-state index contributed by atoms with van der Waals surface area (Å²) in [5.41, 5.74) is 2.32. The van der Waals surface area contributed by atoms with Gasteiger partial charge < -0.3 is 25.0 Å². The minimum Gasteiger partial charge on any atom is -0.486 e. The van der Waals surface area contributed by atoms with E-state index in [0.29, 0.717) is 19.3 Å². The lowest BCUT2D eigenvalue weighted by Crippen LogP contribution is -2.32. The monoisotopic (exact) mass is 489 g/mol. The van der Waals surface area contributed by atoms with Crippen molar-refractivity contribution in [3.63, 3.8) is 0 Å². The van der Waals surface area contributed by atoms with Gasteiger partial charge in [0.1, 0.15) is 19.0 Å². The normalized spacial score (nSPS) is 19.3. The van der Waals surface area contributed by atoms with Gasteiger partial charge in [0.15, 0.2) is 11.5 Å². The van der Waals surface area contributed by atoms with E-state index in [-0.39, 0.29) is 0 Å². The van der Waals surface area contributed by atoms with Gasteiger partial charge in [-0.25, -0.2) is 4.98 Å². The Morgan fingerprint density at radius 2 is 1.72 bits per heavy atom. The summed E-state index contributed by atoms with van der Waals surface area (Å²) in [6.07, 6.45) is 8.30. The van der Waals surface area contributed by atoms with Crippen LogP contribution in [-0.4, -0.2) is 56.4 Å². The van der Waals surface area contributed by atoms with E-state index < -0.39 is 0 Å². The smallest absolute Gasteiger partial charge is 0.225 e. The van der Waals surface area contributed by atoms with Crippen molar-refractivity contribution in [1.82, 2.24) is 15.3 Å². The van der Waals surface area contributed by atoms with Crippen molar-refractivity contribution in [3.05, 3.63) is 48.0 Å². The molecule has 0 amide bonds. The summed E-state index contributed by atoms with van der Waals surface area (Å²) in [6.45, 7) is 3.49. The number of para-hydroxylation sites is 1. The molecule has 192 valence electrons. The predicted octanol–water partition coefficient (Wildman–Crippen LogP) is 5.05. The minimum absolute atomic E-state index is 0.448. The molecule has 1 aromatic heterocycles. The van der Waals surface area contributed by atoms with E-state index in [0.717, 1.165) is 59.6 Å². The van der Waals surface area contributed by atoms with Gasteiger partial charge in [-0.15, -0.1) is 0 Å². The highest BCUT2D eigenvalue weighted by Crippen LogP contribution is 2.31. The number of fused-ring (bicyclic) bond motifs is 2. The molecule has 2 N–H and O–H groups in total. The molecule has 1 aliphatic heterocycles. The van der Waals surface area contributed by atoms with Crippen LogP contribution in [0.3, 0.4) is 0 Å². The molecule has 7 heteroatoms. The lowest BCUT2D eigenvalue weighted by atomic mass is 9.86. The first-order chi connectivity index (χ1) is 17.7. The lowest BCUT2D eigenvalue weighted by Gasteiger charge is -2.29. The van der Waals surface area contributed by atoms with Crippen LogP contribution in [0, 0.1) is 5.92 Å². The third-order valence-corrected chi connectivity index (χ3v) is 7.30. The second kappa shape index (κ2) is 11.8. The van der Waals surface area contributed by atoms with E-state index in [1.54, 1.807) is 0 Å². The number of rotatable bonds is 10. The number of anilines is 2. The van der Waals surface area contributed by atoms with Crippen LogP contribution in [0.2, 0.25) is 0 Å². The number of aryl methyl sites for hydroxylation is 1. The van der Waals surface area contributed by atoms with Crippen LogP contribution in [0.5, 0.6) is 11.5 Å². The Kier molecular flexibility index (Phi) is 8.06. The molecular formula is C29H39N5O2. The average Bonchev–Trinajstić information content (AvgIpc) is 2.91. The molecule has 1 saturated carbocycles. The van der Waals surface area contributed by atoms with E-state index in [1.807, 2.05) is 32.3 Å². The fraction of sp³-hybridized carbons (Fsp3) is 0.517. The largest absolute Gasteiger partial charge is 0.486 e. The topological polar surface area (TPSA) is 71.5 Å². The van der Waals surface area contributed by atoms with Gasteiger partial charge in [0, 0.05) is 25.5 Å². The third kappa shape index (κ3) is 6.19. The van der Waals surface area contributed by atoms with E-state index in [9.17, 15) is 0 Å². The van der Waals surface area contributed by atoms with Crippen molar-refractivity contribution in [3.8, 4) is 11.5 Å². The summed E-state index contributed by atoms with van der Waals surface area (Å²) in [5.74, 6) is 4.25. The zero-order valence-corrected chi connectivity index (χ0v) is 21.6.